The highest BCUT2D eigenvalue weighted by Gasteiger charge is 2.19. The Morgan fingerprint density at radius 3 is 0.942 bits per heavy atom. The molecular formula is C46H88O6. The third kappa shape index (κ3) is 39.6. The molecule has 0 aromatic carbocycles. The lowest BCUT2D eigenvalue weighted by Crippen LogP contribution is -2.30. The van der Waals surface area contributed by atoms with Crippen molar-refractivity contribution in [2.75, 3.05) is 13.2 Å². The van der Waals surface area contributed by atoms with E-state index in [1.165, 1.54) is 148 Å². The van der Waals surface area contributed by atoms with E-state index in [9.17, 15) is 14.4 Å². The average Bonchev–Trinajstić information content (AvgIpc) is 3.12. The van der Waals surface area contributed by atoms with Gasteiger partial charge in [-0.2, -0.15) is 0 Å². The first kappa shape index (κ1) is 50.4. The molecule has 0 amide bonds. The number of carbonyl (C=O) groups is 3. The second-order valence-electron chi connectivity index (χ2n) is 16.2. The van der Waals surface area contributed by atoms with Crippen molar-refractivity contribution in [2.45, 2.75) is 259 Å². The largest absolute Gasteiger partial charge is 0.462 e. The van der Waals surface area contributed by atoms with Crippen LogP contribution in [0.1, 0.15) is 252 Å². The van der Waals surface area contributed by atoms with Crippen LogP contribution in [0.2, 0.25) is 0 Å². The summed E-state index contributed by atoms with van der Waals surface area (Å²) in [5.41, 5.74) is 0. The molecule has 0 aliphatic heterocycles. The second kappa shape index (κ2) is 40.6. The van der Waals surface area contributed by atoms with Crippen molar-refractivity contribution < 1.29 is 28.6 Å². The summed E-state index contributed by atoms with van der Waals surface area (Å²) in [4.78, 5) is 37.6. The minimum atomic E-state index is -0.758. The third-order valence-electron chi connectivity index (χ3n) is 10.3. The van der Waals surface area contributed by atoms with Gasteiger partial charge >= 0.3 is 17.9 Å². The van der Waals surface area contributed by atoms with E-state index < -0.39 is 6.10 Å². The quantitative estimate of drug-likeness (QED) is 0.0353. The van der Waals surface area contributed by atoms with E-state index in [0.717, 1.165) is 63.7 Å². The van der Waals surface area contributed by atoms with Crippen molar-refractivity contribution in [3.8, 4) is 0 Å². The normalized spacial score (nSPS) is 11.9. The number of hydrogen-bond donors (Lipinski definition) is 0. The van der Waals surface area contributed by atoms with E-state index >= 15 is 0 Å². The predicted molar refractivity (Wildman–Crippen MR) is 220 cm³/mol. The summed E-state index contributed by atoms with van der Waals surface area (Å²) >= 11 is 0. The smallest absolute Gasteiger partial charge is 0.306 e. The van der Waals surface area contributed by atoms with Crippen LogP contribution in [-0.2, 0) is 28.6 Å². The molecule has 308 valence electrons. The fourth-order valence-electron chi connectivity index (χ4n) is 6.80. The molecule has 0 aromatic rings. The number of unbranched alkanes of at least 4 members (excludes halogenated alkanes) is 28. The Kier molecular flexibility index (Phi) is 39.4. The van der Waals surface area contributed by atoms with Crippen LogP contribution in [-0.4, -0.2) is 37.2 Å². The first-order valence-corrected chi connectivity index (χ1v) is 22.9. The molecule has 0 aliphatic carbocycles. The SMILES string of the molecule is CCCCCCCCCCCCC(=O)OC[C@@H](COC(=O)CCCCCCCCCCCCCC(C)C)OC(=O)CCCCCCCCCCCC. The van der Waals surface area contributed by atoms with Crippen molar-refractivity contribution in [2.24, 2.45) is 5.92 Å². The van der Waals surface area contributed by atoms with Gasteiger partial charge in [0, 0.05) is 19.3 Å². The highest BCUT2D eigenvalue weighted by atomic mass is 16.6. The Morgan fingerprint density at radius 1 is 0.365 bits per heavy atom. The number of rotatable bonds is 41. The van der Waals surface area contributed by atoms with E-state index in [1.54, 1.807) is 0 Å². The Bertz CT molecular complexity index is 781. The molecule has 0 bridgehead atoms. The van der Waals surface area contributed by atoms with Gasteiger partial charge in [-0.15, -0.1) is 0 Å². The maximum absolute atomic E-state index is 12.7. The van der Waals surface area contributed by atoms with E-state index in [2.05, 4.69) is 27.7 Å². The summed E-state index contributed by atoms with van der Waals surface area (Å²) in [5, 5.41) is 0. The van der Waals surface area contributed by atoms with Crippen LogP contribution < -0.4 is 0 Å². The summed E-state index contributed by atoms with van der Waals surface area (Å²) in [6.45, 7) is 8.97. The first-order valence-electron chi connectivity index (χ1n) is 22.9. The fraction of sp³-hybridized carbons (Fsp3) is 0.935. The van der Waals surface area contributed by atoms with Crippen LogP contribution in [0.15, 0.2) is 0 Å². The van der Waals surface area contributed by atoms with Crippen LogP contribution in [0, 0.1) is 5.92 Å². The van der Waals surface area contributed by atoms with Gasteiger partial charge in [-0.3, -0.25) is 14.4 Å². The van der Waals surface area contributed by atoms with Crippen LogP contribution >= 0.6 is 0 Å². The molecule has 6 nitrogen and oxygen atoms in total. The van der Waals surface area contributed by atoms with Gasteiger partial charge in [0.15, 0.2) is 6.10 Å². The van der Waals surface area contributed by atoms with Gasteiger partial charge in [-0.1, -0.05) is 214 Å². The zero-order chi connectivity index (χ0) is 38.2. The molecule has 0 radical (unpaired) electrons. The van der Waals surface area contributed by atoms with E-state index in [-0.39, 0.29) is 31.1 Å². The van der Waals surface area contributed by atoms with Crippen molar-refractivity contribution in [1.82, 2.24) is 0 Å². The molecule has 0 heterocycles. The highest BCUT2D eigenvalue weighted by Crippen LogP contribution is 2.16. The van der Waals surface area contributed by atoms with Crippen molar-refractivity contribution in [3.05, 3.63) is 0 Å². The van der Waals surface area contributed by atoms with E-state index in [4.69, 9.17) is 14.2 Å². The average molecular weight is 737 g/mol. The number of carbonyl (C=O) groups excluding carboxylic acids is 3. The van der Waals surface area contributed by atoms with Gasteiger partial charge < -0.3 is 14.2 Å². The topological polar surface area (TPSA) is 78.9 Å². The minimum absolute atomic E-state index is 0.0639. The Morgan fingerprint density at radius 2 is 0.635 bits per heavy atom. The molecule has 0 fully saturated rings. The molecule has 0 N–H and O–H groups in total. The Hall–Kier alpha value is -1.59. The molecule has 0 rings (SSSR count). The lowest BCUT2D eigenvalue weighted by atomic mass is 10.0. The van der Waals surface area contributed by atoms with Gasteiger partial charge in [0.25, 0.3) is 0 Å². The lowest BCUT2D eigenvalue weighted by molar-refractivity contribution is -0.167. The number of hydrogen-bond acceptors (Lipinski definition) is 6. The number of ether oxygens (including phenoxy) is 3. The maximum atomic E-state index is 12.7. The zero-order valence-electron chi connectivity index (χ0n) is 35.3. The maximum Gasteiger partial charge on any atom is 0.306 e. The standard InChI is InChI=1S/C46H88O6/c1-5-7-9-11-13-15-21-25-29-33-37-44(47)50-40-43(52-46(49)39-35-31-27-22-16-14-12-10-8-6-2)41-51-45(48)38-34-30-26-23-19-17-18-20-24-28-32-36-42(3)4/h42-43H,5-41H2,1-4H3/t43-/m0/s1. The van der Waals surface area contributed by atoms with E-state index in [1.807, 2.05) is 0 Å². The van der Waals surface area contributed by atoms with Crippen molar-refractivity contribution >= 4 is 17.9 Å². The number of esters is 3. The van der Waals surface area contributed by atoms with Crippen LogP contribution in [0.3, 0.4) is 0 Å². The molecule has 0 saturated heterocycles. The molecule has 0 aromatic heterocycles. The van der Waals surface area contributed by atoms with E-state index in [0.29, 0.717) is 19.3 Å². The fourth-order valence-corrected chi connectivity index (χ4v) is 6.80. The second-order valence-corrected chi connectivity index (χ2v) is 16.2. The summed E-state index contributed by atoms with van der Waals surface area (Å²) in [6, 6.07) is 0. The molecule has 6 heteroatoms. The predicted octanol–water partition coefficient (Wildman–Crippen LogP) is 14.3. The summed E-state index contributed by atoms with van der Waals surface area (Å²) < 4.78 is 16.7. The Labute approximate surface area is 323 Å². The first-order chi connectivity index (χ1) is 25.4. The summed E-state index contributed by atoms with van der Waals surface area (Å²) in [7, 11) is 0. The molecule has 0 unspecified atom stereocenters. The molecular weight excluding hydrogens is 648 g/mol. The summed E-state index contributed by atoms with van der Waals surface area (Å²) in [6.07, 6.45) is 39.4. The van der Waals surface area contributed by atoms with Gasteiger partial charge in [0.05, 0.1) is 0 Å². The molecule has 0 aliphatic rings. The molecule has 0 spiro atoms. The van der Waals surface area contributed by atoms with Crippen LogP contribution in [0.5, 0.6) is 0 Å². The van der Waals surface area contributed by atoms with Gasteiger partial charge in [0.1, 0.15) is 13.2 Å². The van der Waals surface area contributed by atoms with Gasteiger partial charge in [-0.25, -0.2) is 0 Å². The minimum Gasteiger partial charge on any atom is -0.462 e. The monoisotopic (exact) mass is 737 g/mol. The van der Waals surface area contributed by atoms with Crippen LogP contribution in [0.4, 0.5) is 0 Å². The lowest BCUT2D eigenvalue weighted by Gasteiger charge is -2.18. The van der Waals surface area contributed by atoms with Crippen molar-refractivity contribution in [3.63, 3.8) is 0 Å². The van der Waals surface area contributed by atoms with Crippen LogP contribution in [0.25, 0.3) is 0 Å². The van der Waals surface area contributed by atoms with Gasteiger partial charge in [-0.05, 0) is 25.2 Å². The molecule has 52 heavy (non-hydrogen) atoms. The van der Waals surface area contributed by atoms with Gasteiger partial charge in [0.2, 0.25) is 0 Å². The summed E-state index contributed by atoms with van der Waals surface area (Å²) in [5.74, 6) is -0.0293. The van der Waals surface area contributed by atoms with Crippen molar-refractivity contribution in [1.29, 1.82) is 0 Å². The molecule has 1 atom stereocenters. The zero-order valence-corrected chi connectivity index (χ0v) is 35.3. The Balaban J connectivity index is 4.30. The third-order valence-corrected chi connectivity index (χ3v) is 10.3. The highest BCUT2D eigenvalue weighted by molar-refractivity contribution is 5.71. The molecule has 0 saturated carbocycles.